The van der Waals surface area contributed by atoms with Crippen molar-refractivity contribution in [3.63, 3.8) is 0 Å². The summed E-state index contributed by atoms with van der Waals surface area (Å²) in [6.07, 6.45) is 12.2. The van der Waals surface area contributed by atoms with Crippen LogP contribution in [0.1, 0.15) is 39.0 Å². The molecule has 1 atom stereocenters. The van der Waals surface area contributed by atoms with E-state index in [1.165, 1.54) is 32.1 Å². The molecular formula is C9H15. The molecule has 1 rings (SSSR count). The monoisotopic (exact) mass is 123 g/mol. The third kappa shape index (κ3) is 2.21. The maximum Gasteiger partial charge on any atom is -0.0230 e. The molecule has 0 aliphatic heterocycles. The quantitative estimate of drug-likeness (QED) is 0.503. The van der Waals surface area contributed by atoms with Crippen LogP contribution in [0.15, 0.2) is 6.08 Å². The summed E-state index contributed by atoms with van der Waals surface area (Å²) in [5.74, 6) is 0.840. The van der Waals surface area contributed by atoms with Crippen LogP contribution in [0.5, 0.6) is 0 Å². The highest BCUT2D eigenvalue weighted by atomic mass is 14.1. The Morgan fingerprint density at radius 1 is 1.56 bits per heavy atom. The first-order chi connectivity index (χ1) is 4.43. The van der Waals surface area contributed by atoms with Gasteiger partial charge in [-0.05, 0) is 37.7 Å². The molecule has 0 aromatic carbocycles. The molecule has 9 heavy (non-hydrogen) atoms. The number of hydrogen-bond donors (Lipinski definition) is 0. The van der Waals surface area contributed by atoms with E-state index in [0.717, 1.165) is 5.92 Å². The van der Waals surface area contributed by atoms with E-state index in [1.54, 1.807) is 0 Å². The Morgan fingerprint density at radius 2 is 2.44 bits per heavy atom. The number of rotatable bonds is 1. The molecule has 0 saturated carbocycles. The van der Waals surface area contributed by atoms with E-state index in [9.17, 15) is 0 Å². The van der Waals surface area contributed by atoms with E-state index < -0.39 is 0 Å². The lowest BCUT2D eigenvalue weighted by Gasteiger charge is -2.04. The smallest absolute Gasteiger partial charge is 0.0230 e. The average molecular weight is 123 g/mol. The average Bonchev–Trinajstić information content (AvgIpc) is 2.13. The molecule has 0 bridgehead atoms. The van der Waals surface area contributed by atoms with Gasteiger partial charge in [0.2, 0.25) is 0 Å². The van der Waals surface area contributed by atoms with Crippen LogP contribution in [-0.2, 0) is 0 Å². The molecule has 1 aliphatic rings. The third-order valence-corrected chi connectivity index (χ3v) is 2.02. The molecule has 1 radical (unpaired) electrons. The fourth-order valence-electron chi connectivity index (χ4n) is 1.29. The van der Waals surface area contributed by atoms with E-state index in [2.05, 4.69) is 19.1 Å². The lowest BCUT2D eigenvalue weighted by atomic mass is 10.0. The van der Waals surface area contributed by atoms with Crippen LogP contribution in [0.25, 0.3) is 0 Å². The highest BCUT2D eigenvalue weighted by molar-refractivity contribution is 4.84. The number of hydrogen-bond acceptors (Lipinski definition) is 0. The molecule has 0 aromatic rings. The predicted molar refractivity (Wildman–Crippen MR) is 40.1 cm³/mol. The molecule has 0 fully saturated rings. The minimum absolute atomic E-state index is 0.840. The van der Waals surface area contributed by atoms with Crippen molar-refractivity contribution in [3.8, 4) is 0 Å². The van der Waals surface area contributed by atoms with E-state index in [0.29, 0.717) is 0 Å². The van der Waals surface area contributed by atoms with Gasteiger partial charge in [0.15, 0.2) is 0 Å². The summed E-state index contributed by atoms with van der Waals surface area (Å²) in [5, 5.41) is 0. The van der Waals surface area contributed by atoms with E-state index in [-0.39, 0.29) is 0 Å². The topological polar surface area (TPSA) is 0 Å². The van der Waals surface area contributed by atoms with Crippen molar-refractivity contribution in [2.24, 2.45) is 5.92 Å². The molecule has 0 heterocycles. The summed E-state index contributed by atoms with van der Waals surface area (Å²) >= 11 is 0. The number of allylic oxidation sites excluding steroid dienone is 2. The van der Waals surface area contributed by atoms with E-state index >= 15 is 0 Å². The summed E-state index contributed by atoms with van der Waals surface area (Å²) in [6, 6.07) is 0. The van der Waals surface area contributed by atoms with Crippen molar-refractivity contribution >= 4 is 0 Å². The van der Waals surface area contributed by atoms with Gasteiger partial charge >= 0.3 is 0 Å². The molecule has 0 spiro atoms. The van der Waals surface area contributed by atoms with Crippen LogP contribution in [0.3, 0.4) is 0 Å². The fourth-order valence-corrected chi connectivity index (χ4v) is 1.29. The minimum Gasteiger partial charge on any atom is -0.0779 e. The van der Waals surface area contributed by atoms with Gasteiger partial charge in [0.05, 0.1) is 0 Å². The highest BCUT2D eigenvalue weighted by Crippen LogP contribution is 2.18. The van der Waals surface area contributed by atoms with Gasteiger partial charge in [-0.15, -0.1) is 0 Å². The molecule has 0 aromatic heterocycles. The lowest BCUT2D eigenvalue weighted by Crippen LogP contribution is -1.90. The van der Waals surface area contributed by atoms with E-state index in [4.69, 9.17) is 0 Å². The Labute approximate surface area is 58.0 Å². The zero-order valence-electron chi connectivity index (χ0n) is 6.19. The van der Waals surface area contributed by atoms with Crippen molar-refractivity contribution in [1.82, 2.24) is 0 Å². The lowest BCUT2D eigenvalue weighted by molar-refractivity contribution is 0.547. The first-order valence-electron chi connectivity index (χ1n) is 4.00. The standard InChI is InChI=1S/C9H15/c1-2-9-7-5-3-4-6-8-9/h8-9H,2-5,7H2,1H3. The molecule has 0 amide bonds. The summed E-state index contributed by atoms with van der Waals surface area (Å²) < 4.78 is 0. The molecule has 0 saturated heterocycles. The van der Waals surface area contributed by atoms with Gasteiger partial charge in [0.1, 0.15) is 0 Å². The SMILES string of the molecule is CCC1C=[C]CCCC1. The van der Waals surface area contributed by atoms with Gasteiger partial charge in [-0.25, -0.2) is 0 Å². The summed E-state index contributed by atoms with van der Waals surface area (Å²) in [6.45, 7) is 2.26. The highest BCUT2D eigenvalue weighted by Gasteiger charge is 2.03. The summed E-state index contributed by atoms with van der Waals surface area (Å²) in [4.78, 5) is 0. The summed E-state index contributed by atoms with van der Waals surface area (Å²) in [5.41, 5.74) is 0. The first kappa shape index (κ1) is 6.85. The first-order valence-corrected chi connectivity index (χ1v) is 4.00. The van der Waals surface area contributed by atoms with Gasteiger partial charge < -0.3 is 0 Å². The second kappa shape index (κ2) is 3.71. The Bertz CT molecular complexity index is 92.2. The molecule has 0 N–H and O–H groups in total. The van der Waals surface area contributed by atoms with Crippen LogP contribution in [0.2, 0.25) is 0 Å². The van der Waals surface area contributed by atoms with Gasteiger partial charge in [0.25, 0.3) is 0 Å². The Kier molecular flexibility index (Phi) is 2.82. The Hall–Kier alpha value is -0.260. The maximum atomic E-state index is 3.32. The molecule has 0 heteroatoms. The fraction of sp³-hybridized carbons (Fsp3) is 0.778. The van der Waals surface area contributed by atoms with Crippen molar-refractivity contribution in [3.05, 3.63) is 12.2 Å². The van der Waals surface area contributed by atoms with Crippen molar-refractivity contribution in [2.45, 2.75) is 39.0 Å². The zero-order chi connectivity index (χ0) is 6.53. The largest absolute Gasteiger partial charge is 0.0779 e. The van der Waals surface area contributed by atoms with Gasteiger partial charge in [-0.3, -0.25) is 0 Å². The van der Waals surface area contributed by atoms with Crippen molar-refractivity contribution < 1.29 is 0 Å². The van der Waals surface area contributed by atoms with Gasteiger partial charge in [-0.2, -0.15) is 0 Å². The Morgan fingerprint density at radius 3 is 3.22 bits per heavy atom. The summed E-state index contributed by atoms with van der Waals surface area (Å²) in [7, 11) is 0. The molecule has 1 unspecified atom stereocenters. The van der Waals surface area contributed by atoms with E-state index in [1.807, 2.05) is 0 Å². The third-order valence-electron chi connectivity index (χ3n) is 2.02. The molecule has 0 nitrogen and oxygen atoms in total. The van der Waals surface area contributed by atoms with Gasteiger partial charge in [0, 0.05) is 0 Å². The van der Waals surface area contributed by atoms with Gasteiger partial charge in [-0.1, -0.05) is 19.4 Å². The minimum atomic E-state index is 0.840. The second-order valence-electron chi connectivity index (χ2n) is 2.78. The van der Waals surface area contributed by atoms with Crippen molar-refractivity contribution in [2.75, 3.05) is 0 Å². The van der Waals surface area contributed by atoms with Crippen LogP contribution in [-0.4, -0.2) is 0 Å². The van der Waals surface area contributed by atoms with Crippen LogP contribution < -0.4 is 0 Å². The van der Waals surface area contributed by atoms with Crippen LogP contribution in [0.4, 0.5) is 0 Å². The Balaban J connectivity index is 2.33. The molecule has 1 aliphatic carbocycles. The van der Waals surface area contributed by atoms with Crippen molar-refractivity contribution in [1.29, 1.82) is 0 Å². The normalized spacial score (nSPS) is 27.9. The maximum absolute atomic E-state index is 3.32. The zero-order valence-corrected chi connectivity index (χ0v) is 6.19. The molecule has 51 valence electrons. The molecular weight excluding hydrogens is 108 g/mol. The second-order valence-corrected chi connectivity index (χ2v) is 2.78. The van der Waals surface area contributed by atoms with Crippen LogP contribution >= 0.6 is 0 Å². The van der Waals surface area contributed by atoms with Crippen LogP contribution in [0, 0.1) is 12.0 Å². The predicted octanol–water partition coefficient (Wildman–Crippen LogP) is 2.95.